The summed E-state index contributed by atoms with van der Waals surface area (Å²) in [6, 6.07) is 1.86. The van der Waals surface area contributed by atoms with E-state index in [9.17, 15) is 0 Å². The Morgan fingerprint density at radius 1 is 1.40 bits per heavy atom. The lowest BCUT2D eigenvalue weighted by atomic mass is 10.3. The normalized spacial score (nSPS) is 12.1. The second kappa shape index (κ2) is 7.24. The van der Waals surface area contributed by atoms with Gasteiger partial charge < -0.3 is 0 Å². The Balaban J connectivity index is 0.000000921. The highest BCUT2D eigenvalue weighted by molar-refractivity contribution is 6.30. The Hall–Kier alpha value is -1.08. The maximum Gasteiger partial charge on any atom is 0.0716 e. The van der Waals surface area contributed by atoms with Crippen molar-refractivity contribution in [3.8, 4) is 0 Å². The molecule has 0 aromatic carbocycles. The molecule has 1 aromatic heterocycles. The summed E-state index contributed by atoms with van der Waals surface area (Å²) in [6.45, 7) is 11.5. The molecular formula is C13H18ClN. The number of hydrogen-bond acceptors (Lipinski definition) is 1. The Morgan fingerprint density at radius 2 is 2.00 bits per heavy atom. The summed E-state index contributed by atoms with van der Waals surface area (Å²) in [5.74, 6) is 0. The molecule has 0 N–H and O–H groups in total. The summed E-state index contributed by atoms with van der Waals surface area (Å²) in [5.41, 5.74) is 0.920. The van der Waals surface area contributed by atoms with E-state index >= 15 is 0 Å². The van der Waals surface area contributed by atoms with Crippen LogP contribution in [-0.2, 0) is 0 Å². The van der Waals surface area contributed by atoms with Crippen LogP contribution in [0.5, 0.6) is 0 Å². The molecule has 0 fully saturated rings. The number of halogens is 1. The summed E-state index contributed by atoms with van der Waals surface area (Å²) >= 11 is 6.04. The van der Waals surface area contributed by atoms with Gasteiger partial charge in [-0.3, -0.25) is 4.98 Å². The molecule has 0 amide bonds. The summed E-state index contributed by atoms with van der Waals surface area (Å²) in [4.78, 5) is 4.35. The fraction of sp³-hybridized carbons (Fsp3) is 0.308. The van der Waals surface area contributed by atoms with Crippen molar-refractivity contribution in [1.29, 1.82) is 0 Å². The minimum Gasteiger partial charge on any atom is -0.253 e. The first-order valence-electron chi connectivity index (χ1n) is 5.11. The third-order valence-electron chi connectivity index (χ3n) is 1.73. The number of rotatable bonds is 1. The van der Waals surface area contributed by atoms with Gasteiger partial charge in [-0.15, -0.1) is 0 Å². The molecule has 0 saturated heterocycles. The van der Waals surface area contributed by atoms with Gasteiger partial charge in [-0.05, 0) is 26.0 Å². The van der Waals surface area contributed by atoms with Gasteiger partial charge in [0.15, 0.2) is 0 Å². The first-order chi connectivity index (χ1) is 7.19. The van der Waals surface area contributed by atoms with Crippen molar-refractivity contribution < 1.29 is 0 Å². The molecule has 0 unspecified atom stereocenters. The Bertz CT molecular complexity index is 433. The molecule has 0 aliphatic carbocycles. The number of hydrogen-bond donors (Lipinski definition) is 0. The Morgan fingerprint density at radius 3 is 2.47 bits per heavy atom. The average molecular weight is 224 g/mol. The van der Waals surface area contributed by atoms with Crippen LogP contribution in [0.15, 0.2) is 18.7 Å². The van der Waals surface area contributed by atoms with Crippen LogP contribution in [0.1, 0.15) is 26.5 Å². The van der Waals surface area contributed by atoms with E-state index in [-0.39, 0.29) is 0 Å². The predicted octanol–water partition coefficient (Wildman–Crippen LogP) is 2.84. The Kier molecular flexibility index (Phi) is 6.72. The van der Waals surface area contributed by atoms with Gasteiger partial charge in [0.2, 0.25) is 0 Å². The van der Waals surface area contributed by atoms with Crippen LogP contribution in [0.25, 0.3) is 12.2 Å². The van der Waals surface area contributed by atoms with Crippen molar-refractivity contribution >= 4 is 23.8 Å². The van der Waals surface area contributed by atoms with E-state index in [0.717, 1.165) is 21.3 Å². The van der Waals surface area contributed by atoms with Gasteiger partial charge in [-0.1, -0.05) is 44.2 Å². The molecule has 0 spiro atoms. The molecular weight excluding hydrogens is 206 g/mol. The fourth-order valence-corrected chi connectivity index (χ4v) is 1.55. The topological polar surface area (TPSA) is 12.9 Å². The Labute approximate surface area is 96.8 Å². The third-order valence-corrected chi connectivity index (χ3v) is 2.04. The summed E-state index contributed by atoms with van der Waals surface area (Å²) in [7, 11) is 0. The molecule has 0 aliphatic heterocycles. The third kappa shape index (κ3) is 3.88. The van der Waals surface area contributed by atoms with Crippen molar-refractivity contribution in [1.82, 2.24) is 4.98 Å². The van der Waals surface area contributed by atoms with Crippen LogP contribution < -0.4 is 10.6 Å². The maximum atomic E-state index is 6.04. The second-order valence-corrected chi connectivity index (χ2v) is 3.14. The number of aromatic nitrogens is 1. The van der Waals surface area contributed by atoms with E-state index in [1.54, 1.807) is 6.08 Å². The van der Waals surface area contributed by atoms with Crippen LogP contribution >= 0.6 is 11.6 Å². The van der Waals surface area contributed by atoms with Crippen LogP contribution in [0.4, 0.5) is 0 Å². The highest BCUT2D eigenvalue weighted by Gasteiger charge is 1.94. The lowest BCUT2D eigenvalue weighted by Crippen LogP contribution is -2.29. The SMILES string of the molecule is C=C/C=c1/nc(C)cc(Cl)/c1=C/C.CC. The van der Waals surface area contributed by atoms with E-state index in [1.165, 1.54) is 0 Å². The van der Waals surface area contributed by atoms with E-state index in [4.69, 9.17) is 11.6 Å². The van der Waals surface area contributed by atoms with E-state index < -0.39 is 0 Å². The highest BCUT2D eigenvalue weighted by Crippen LogP contribution is 1.99. The maximum absolute atomic E-state index is 6.04. The standard InChI is InChI=1S/C11H12ClN.C2H6/c1-4-6-11-9(5-2)10(12)7-8(3)13-11;1-2/h4-7H,1H2,2-3H3;1-2H3/b9-5-,11-6+;. The fourth-order valence-electron chi connectivity index (χ4n) is 1.19. The van der Waals surface area contributed by atoms with Gasteiger partial charge in [0.25, 0.3) is 0 Å². The van der Waals surface area contributed by atoms with E-state index in [1.807, 2.05) is 45.9 Å². The molecule has 1 aromatic rings. The molecule has 15 heavy (non-hydrogen) atoms. The summed E-state index contributed by atoms with van der Waals surface area (Å²) < 4.78 is 0. The lowest BCUT2D eigenvalue weighted by molar-refractivity contribution is 1.13. The molecule has 82 valence electrons. The van der Waals surface area contributed by atoms with Gasteiger partial charge in [0, 0.05) is 10.9 Å². The van der Waals surface area contributed by atoms with Gasteiger partial charge in [-0.2, -0.15) is 0 Å². The van der Waals surface area contributed by atoms with Crippen LogP contribution in [0.3, 0.4) is 0 Å². The van der Waals surface area contributed by atoms with E-state index in [0.29, 0.717) is 0 Å². The van der Waals surface area contributed by atoms with Crippen molar-refractivity contribution in [3.63, 3.8) is 0 Å². The van der Waals surface area contributed by atoms with Crippen LogP contribution in [-0.4, -0.2) is 4.98 Å². The van der Waals surface area contributed by atoms with Crippen LogP contribution in [0.2, 0.25) is 5.02 Å². The molecule has 1 heterocycles. The summed E-state index contributed by atoms with van der Waals surface area (Å²) in [6.07, 6.45) is 5.52. The monoisotopic (exact) mass is 223 g/mol. The lowest BCUT2D eigenvalue weighted by Gasteiger charge is -1.96. The highest BCUT2D eigenvalue weighted by atomic mass is 35.5. The van der Waals surface area contributed by atoms with Gasteiger partial charge in [-0.25, -0.2) is 0 Å². The van der Waals surface area contributed by atoms with Gasteiger partial charge >= 0.3 is 0 Å². The van der Waals surface area contributed by atoms with Gasteiger partial charge in [0.05, 0.1) is 10.4 Å². The molecule has 0 atom stereocenters. The van der Waals surface area contributed by atoms with E-state index in [2.05, 4.69) is 11.6 Å². The van der Waals surface area contributed by atoms with Crippen molar-refractivity contribution in [3.05, 3.63) is 40.0 Å². The molecule has 2 heteroatoms. The minimum absolute atomic E-state index is 0.739. The van der Waals surface area contributed by atoms with Crippen molar-refractivity contribution in [2.75, 3.05) is 0 Å². The molecule has 0 radical (unpaired) electrons. The first-order valence-corrected chi connectivity index (χ1v) is 5.49. The average Bonchev–Trinajstić information content (AvgIpc) is 2.21. The zero-order valence-corrected chi connectivity index (χ0v) is 10.6. The molecule has 0 bridgehead atoms. The largest absolute Gasteiger partial charge is 0.253 e. The predicted molar refractivity (Wildman–Crippen MR) is 69.4 cm³/mol. The number of allylic oxidation sites excluding steroid dienone is 1. The van der Waals surface area contributed by atoms with Crippen LogP contribution in [0, 0.1) is 6.92 Å². The number of nitrogens with zero attached hydrogens (tertiary/aromatic N) is 1. The van der Waals surface area contributed by atoms with Crippen molar-refractivity contribution in [2.24, 2.45) is 0 Å². The van der Waals surface area contributed by atoms with Crippen molar-refractivity contribution in [2.45, 2.75) is 27.7 Å². The molecule has 0 saturated carbocycles. The summed E-state index contributed by atoms with van der Waals surface area (Å²) in [5, 5.41) is 2.58. The smallest absolute Gasteiger partial charge is 0.0716 e. The number of pyridine rings is 1. The quantitative estimate of drug-likeness (QED) is 0.714. The first kappa shape index (κ1) is 13.9. The number of aryl methyl sites for hydroxylation is 1. The zero-order chi connectivity index (χ0) is 11.8. The van der Waals surface area contributed by atoms with Gasteiger partial charge in [0.1, 0.15) is 0 Å². The molecule has 1 rings (SSSR count). The zero-order valence-electron chi connectivity index (χ0n) is 9.84. The minimum atomic E-state index is 0.739. The molecule has 0 aliphatic rings. The molecule has 1 nitrogen and oxygen atoms in total. The second-order valence-electron chi connectivity index (χ2n) is 2.74.